The molecule has 23 heavy (non-hydrogen) atoms. The number of phenols is 3. The monoisotopic (exact) mass is 320 g/mol. The van der Waals surface area contributed by atoms with Gasteiger partial charge < -0.3 is 25.5 Å². The fourth-order valence-corrected chi connectivity index (χ4v) is 2.80. The molecule has 0 bridgehead atoms. The third kappa shape index (κ3) is 3.33. The minimum Gasteiger partial charge on any atom is -0.504 e. The average Bonchev–Trinajstić information content (AvgIpc) is 3.37. The molecule has 1 aromatic rings. The Morgan fingerprint density at radius 3 is 2.09 bits per heavy atom. The first kappa shape index (κ1) is 15.5. The van der Waals surface area contributed by atoms with E-state index in [1.165, 1.54) is 0 Å². The van der Waals surface area contributed by atoms with Crippen molar-refractivity contribution in [3.63, 3.8) is 0 Å². The van der Waals surface area contributed by atoms with Gasteiger partial charge >= 0.3 is 0 Å². The summed E-state index contributed by atoms with van der Waals surface area (Å²) >= 11 is 0. The minimum atomic E-state index is -0.636. The van der Waals surface area contributed by atoms with Crippen molar-refractivity contribution < 1.29 is 24.9 Å². The van der Waals surface area contributed by atoms with Crippen molar-refractivity contribution in [3.8, 4) is 17.2 Å². The Balaban J connectivity index is 1.58. The Morgan fingerprint density at radius 2 is 1.57 bits per heavy atom. The van der Waals surface area contributed by atoms with Crippen molar-refractivity contribution in [2.75, 3.05) is 13.1 Å². The lowest BCUT2D eigenvalue weighted by atomic mass is 10.0. The minimum absolute atomic E-state index is 0.0915. The lowest BCUT2D eigenvalue weighted by Gasteiger charge is -2.32. The highest BCUT2D eigenvalue weighted by Crippen LogP contribution is 2.36. The van der Waals surface area contributed by atoms with Gasteiger partial charge in [-0.1, -0.05) is 0 Å². The fourth-order valence-electron chi connectivity index (χ4n) is 2.80. The van der Waals surface area contributed by atoms with E-state index in [2.05, 4.69) is 5.32 Å². The Hall–Kier alpha value is -2.44. The number of nitrogens with zero attached hydrogens (tertiary/aromatic N) is 1. The van der Waals surface area contributed by atoms with Crippen molar-refractivity contribution in [1.82, 2.24) is 10.2 Å². The molecular formula is C16H20N2O5. The number of piperidine rings is 1. The topological polar surface area (TPSA) is 110 Å². The third-order valence-corrected chi connectivity index (χ3v) is 4.39. The van der Waals surface area contributed by atoms with Crippen molar-refractivity contribution >= 4 is 11.8 Å². The molecule has 0 aromatic heterocycles. The van der Waals surface area contributed by atoms with Crippen LogP contribution in [-0.4, -0.2) is 51.2 Å². The first-order valence-corrected chi connectivity index (χ1v) is 7.80. The molecule has 1 heterocycles. The van der Waals surface area contributed by atoms with Gasteiger partial charge in [0.15, 0.2) is 17.2 Å². The number of carbonyl (C=O) groups excluding carboxylic acids is 2. The van der Waals surface area contributed by atoms with E-state index in [4.69, 9.17) is 0 Å². The van der Waals surface area contributed by atoms with Crippen LogP contribution in [0.4, 0.5) is 0 Å². The highest BCUT2D eigenvalue weighted by molar-refractivity contribution is 5.95. The van der Waals surface area contributed by atoms with Crippen LogP contribution in [0.5, 0.6) is 17.2 Å². The summed E-state index contributed by atoms with van der Waals surface area (Å²) in [6.07, 6.45) is 3.30. The molecule has 1 aliphatic carbocycles. The zero-order chi connectivity index (χ0) is 16.6. The Kier molecular flexibility index (Phi) is 4.02. The number of likely N-dealkylation sites (tertiary alicyclic amines) is 1. The molecule has 1 aromatic carbocycles. The number of phenolic OH excluding ortho intramolecular Hbond substituents is 3. The predicted molar refractivity (Wildman–Crippen MR) is 81.2 cm³/mol. The zero-order valence-corrected chi connectivity index (χ0v) is 12.7. The molecule has 2 amide bonds. The summed E-state index contributed by atoms with van der Waals surface area (Å²) in [6.45, 7) is 0.994. The number of amides is 2. The average molecular weight is 320 g/mol. The van der Waals surface area contributed by atoms with Crippen LogP contribution in [0.3, 0.4) is 0 Å². The Morgan fingerprint density at radius 1 is 1.00 bits per heavy atom. The van der Waals surface area contributed by atoms with Gasteiger partial charge in [0.25, 0.3) is 5.91 Å². The maximum Gasteiger partial charge on any atom is 0.254 e. The Bertz CT molecular complexity index is 610. The van der Waals surface area contributed by atoms with Crippen molar-refractivity contribution in [2.24, 2.45) is 5.92 Å². The second-order valence-electron chi connectivity index (χ2n) is 6.21. The van der Waals surface area contributed by atoms with Crippen LogP contribution >= 0.6 is 0 Å². The van der Waals surface area contributed by atoms with Crippen LogP contribution in [-0.2, 0) is 4.79 Å². The maximum absolute atomic E-state index is 12.4. The summed E-state index contributed by atoms with van der Waals surface area (Å²) in [5.74, 6) is -1.72. The summed E-state index contributed by atoms with van der Waals surface area (Å²) in [4.78, 5) is 25.8. The molecule has 7 heteroatoms. The fraction of sp³-hybridized carbons (Fsp3) is 0.500. The third-order valence-electron chi connectivity index (χ3n) is 4.39. The molecule has 0 atom stereocenters. The second kappa shape index (κ2) is 5.98. The molecule has 2 fully saturated rings. The van der Waals surface area contributed by atoms with Gasteiger partial charge in [0, 0.05) is 30.6 Å². The van der Waals surface area contributed by atoms with E-state index in [9.17, 15) is 24.9 Å². The number of rotatable bonds is 3. The highest BCUT2D eigenvalue weighted by Gasteiger charge is 2.32. The number of carbonyl (C=O) groups is 2. The molecule has 0 unspecified atom stereocenters. The van der Waals surface area contributed by atoms with Gasteiger partial charge in [-0.05, 0) is 37.8 Å². The second-order valence-corrected chi connectivity index (χ2v) is 6.21. The van der Waals surface area contributed by atoms with E-state index in [1.807, 2.05) is 0 Å². The van der Waals surface area contributed by atoms with Crippen LogP contribution in [0.15, 0.2) is 12.1 Å². The Labute approximate surface area is 133 Å². The largest absolute Gasteiger partial charge is 0.504 e. The van der Waals surface area contributed by atoms with Gasteiger partial charge in [-0.15, -0.1) is 0 Å². The van der Waals surface area contributed by atoms with Gasteiger partial charge in [0.1, 0.15) is 0 Å². The summed E-state index contributed by atoms with van der Waals surface area (Å²) in [5, 5.41) is 31.3. The van der Waals surface area contributed by atoms with Crippen LogP contribution in [0.25, 0.3) is 0 Å². The molecular weight excluding hydrogens is 300 g/mol. The standard InChI is InChI=1S/C16H20N2O5/c19-12-7-10(8-13(20)14(12)21)16(23)18-5-3-11(4-6-18)17-15(22)9-1-2-9/h7-9,11,19-21H,1-6H2,(H,17,22). The zero-order valence-electron chi connectivity index (χ0n) is 12.7. The van der Waals surface area contributed by atoms with E-state index >= 15 is 0 Å². The highest BCUT2D eigenvalue weighted by atomic mass is 16.3. The molecule has 1 saturated heterocycles. The van der Waals surface area contributed by atoms with Crippen molar-refractivity contribution in [1.29, 1.82) is 0 Å². The molecule has 7 nitrogen and oxygen atoms in total. The molecule has 1 aliphatic heterocycles. The summed E-state index contributed by atoms with van der Waals surface area (Å²) in [6, 6.07) is 2.37. The van der Waals surface area contributed by atoms with Gasteiger partial charge in [-0.2, -0.15) is 0 Å². The molecule has 0 radical (unpaired) electrons. The number of nitrogens with one attached hydrogen (secondary N) is 1. The van der Waals surface area contributed by atoms with Crippen LogP contribution < -0.4 is 5.32 Å². The molecule has 124 valence electrons. The van der Waals surface area contributed by atoms with Gasteiger partial charge in [-0.3, -0.25) is 9.59 Å². The molecule has 1 saturated carbocycles. The molecule has 4 N–H and O–H groups in total. The smallest absolute Gasteiger partial charge is 0.254 e. The number of hydrogen-bond donors (Lipinski definition) is 4. The maximum atomic E-state index is 12.4. The summed E-state index contributed by atoms with van der Waals surface area (Å²) < 4.78 is 0. The number of hydrogen-bond acceptors (Lipinski definition) is 5. The van der Waals surface area contributed by atoms with Crippen LogP contribution in [0.2, 0.25) is 0 Å². The van der Waals surface area contributed by atoms with E-state index in [0.717, 1.165) is 25.0 Å². The summed E-state index contributed by atoms with van der Waals surface area (Å²) in [7, 11) is 0. The first-order valence-electron chi connectivity index (χ1n) is 7.80. The van der Waals surface area contributed by atoms with Gasteiger partial charge in [0.05, 0.1) is 0 Å². The lowest BCUT2D eigenvalue weighted by Crippen LogP contribution is -2.46. The predicted octanol–water partition coefficient (Wildman–Crippen LogP) is 0.934. The number of benzene rings is 1. The van der Waals surface area contributed by atoms with E-state index in [-0.39, 0.29) is 29.3 Å². The van der Waals surface area contributed by atoms with Crippen LogP contribution in [0, 0.1) is 5.92 Å². The van der Waals surface area contributed by atoms with Crippen LogP contribution in [0.1, 0.15) is 36.0 Å². The van der Waals surface area contributed by atoms with E-state index in [0.29, 0.717) is 25.9 Å². The van der Waals surface area contributed by atoms with E-state index in [1.54, 1.807) is 4.90 Å². The quantitative estimate of drug-likeness (QED) is 0.619. The molecule has 2 aliphatic rings. The van der Waals surface area contributed by atoms with E-state index < -0.39 is 17.2 Å². The van der Waals surface area contributed by atoms with Gasteiger partial charge in [-0.25, -0.2) is 0 Å². The molecule has 0 spiro atoms. The molecule has 3 rings (SSSR count). The summed E-state index contributed by atoms with van der Waals surface area (Å²) in [5.41, 5.74) is 0.123. The normalized spacial score (nSPS) is 18.7. The lowest BCUT2D eigenvalue weighted by molar-refractivity contribution is -0.123. The first-order chi connectivity index (χ1) is 11.0. The SMILES string of the molecule is O=C(NC1CCN(C(=O)c2cc(O)c(O)c(O)c2)CC1)C1CC1. The van der Waals surface area contributed by atoms with Crippen molar-refractivity contribution in [3.05, 3.63) is 17.7 Å². The van der Waals surface area contributed by atoms with Crippen molar-refractivity contribution in [2.45, 2.75) is 31.7 Å². The number of aromatic hydroxyl groups is 3. The van der Waals surface area contributed by atoms with Gasteiger partial charge in [0.2, 0.25) is 5.91 Å².